The van der Waals surface area contributed by atoms with E-state index < -0.39 is 9.84 Å². The molecule has 0 amide bonds. The highest BCUT2D eigenvalue weighted by atomic mass is 32.2. The summed E-state index contributed by atoms with van der Waals surface area (Å²) in [5.74, 6) is 0. The van der Waals surface area contributed by atoms with Crippen molar-refractivity contribution in [3.63, 3.8) is 0 Å². The highest BCUT2D eigenvalue weighted by Crippen LogP contribution is 2.26. The molecule has 0 saturated heterocycles. The van der Waals surface area contributed by atoms with Crippen molar-refractivity contribution in [2.24, 2.45) is 0 Å². The van der Waals surface area contributed by atoms with Crippen LogP contribution in [0, 0.1) is 0 Å². The number of methoxy groups -OCH3 is 1. The van der Waals surface area contributed by atoms with Gasteiger partial charge >= 0.3 is 0 Å². The first-order valence-electron chi connectivity index (χ1n) is 4.78. The second kappa shape index (κ2) is 5.18. The van der Waals surface area contributed by atoms with Crippen molar-refractivity contribution < 1.29 is 13.2 Å². The number of hydrogen-bond donors (Lipinski definition) is 2. The summed E-state index contributed by atoms with van der Waals surface area (Å²) in [6.45, 7) is 1.11. The normalized spacial score (nSPS) is 11.4. The Morgan fingerprint density at radius 1 is 1.44 bits per heavy atom. The highest BCUT2D eigenvalue weighted by Gasteiger charge is 2.13. The molecule has 0 aliphatic heterocycles. The van der Waals surface area contributed by atoms with Gasteiger partial charge in [-0.3, -0.25) is 0 Å². The first-order valence-corrected chi connectivity index (χ1v) is 6.67. The summed E-state index contributed by atoms with van der Waals surface area (Å²) in [4.78, 5) is 0.148. The number of anilines is 2. The van der Waals surface area contributed by atoms with Crippen molar-refractivity contribution in [1.82, 2.24) is 0 Å². The summed E-state index contributed by atoms with van der Waals surface area (Å²) in [6, 6.07) is 4.88. The van der Waals surface area contributed by atoms with Gasteiger partial charge in [-0.25, -0.2) is 8.42 Å². The molecule has 16 heavy (non-hydrogen) atoms. The van der Waals surface area contributed by atoms with Gasteiger partial charge in [0.25, 0.3) is 0 Å². The molecule has 0 atom stereocenters. The number of nitrogen functional groups attached to an aromatic ring is 1. The first kappa shape index (κ1) is 12.8. The topological polar surface area (TPSA) is 81.4 Å². The van der Waals surface area contributed by atoms with Gasteiger partial charge in [0.15, 0.2) is 9.84 Å². The SMILES string of the molecule is COCCNc1cccc(S(C)(=O)=O)c1N. The van der Waals surface area contributed by atoms with E-state index in [1.54, 1.807) is 19.2 Å². The molecule has 0 aliphatic carbocycles. The summed E-state index contributed by atoms with van der Waals surface area (Å²) in [5, 5.41) is 3.01. The van der Waals surface area contributed by atoms with Crippen LogP contribution in [-0.4, -0.2) is 34.9 Å². The Kier molecular flexibility index (Phi) is 4.14. The Morgan fingerprint density at radius 3 is 2.69 bits per heavy atom. The van der Waals surface area contributed by atoms with Crippen LogP contribution in [-0.2, 0) is 14.6 Å². The van der Waals surface area contributed by atoms with Crippen LogP contribution < -0.4 is 11.1 Å². The van der Waals surface area contributed by atoms with E-state index in [0.29, 0.717) is 18.8 Å². The van der Waals surface area contributed by atoms with E-state index >= 15 is 0 Å². The second-order valence-electron chi connectivity index (χ2n) is 3.41. The fourth-order valence-electron chi connectivity index (χ4n) is 1.31. The molecule has 0 aliphatic rings. The zero-order valence-corrected chi connectivity index (χ0v) is 10.2. The van der Waals surface area contributed by atoms with Crippen LogP contribution in [0.15, 0.2) is 23.1 Å². The number of para-hydroxylation sites is 1. The Balaban J connectivity index is 2.96. The van der Waals surface area contributed by atoms with E-state index in [4.69, 9.17) is 10.5 Å². The maximum atomic E-state index is 11.4. The number of nitrogens with one attached hydrogen (secondary N) is 1. The Labute approximate surface area is 95.5 Å². The van der Waals surface area contributed by atoms with Gasteiger partial charge in [-0.15, -0.1) is 0 Å². The molecule has 0 unspecified atom stereocenters. The zero-order valence-electron chi connectivity index (χ0n) is 9.36. The third-order valence-corrected chi connectivity index (χ3v) is 3.24. The van der Waals surface area contributed by atoms with Crippen molar-refractivity contribution in [3.05, 3.63) is 18.2 Å². The molecule has 0 fully saturated rings. The van der Waals surface area contributed by atoms with Gasteiger partial charge < -0.3 is 15.8 Å². The number of rotatable bonds is 5. The van der Waals surface area contributed by atoms with E-state index in [1.807, 2.05) is 0 Å². The molecule has 6 heteroatoms. The molecule has 0 heterocycles. The molecule has 1 aromatic rings. The third kappa shape index (κ3) is 3.11. The molecular weight excluding hydrogens is 228 g/mol. The van der Waals surface area contributed by atoms with Crippen molar-refractivity contribution in [1.29, 1.82) is 0 Å². The van der Waals surface area contributed by atoms with E-state index in [2.05, 4.69) is 5.32 Å². The maximum absolute atomic E-state index is 11.4. The minimum atomic E-state index is -3.28. The quantitative estimate of drug-likeness (QED) is 0.589. The van der Waals surface area contributed by atoms with Crippen molar-refractivity contribution >= 4 is 21.2 Å². The van der Waals surface area contributed by atoms with Gasteiger partial charge in [-0.1, -0.05) is 6.07 Å². The summed E-state index contributed by atoms with van der Waals surface area (Å²) in [5.41, 5.74) is 6.63. The number of ether oxygens (including phenoxy) is 1. The van der Waals surface area contributed by atoms with Crippen molar-refractivity contribution in [3.8, 4) is 0 Å². The van der Waals surface area contributed by atoms with E-state index in [9.17, 15) is 8.42 Å². The lowest BCUT2D eigenvalue weighted by Gasteiger charge is -2.11. The lowest BCUT2D eigenvalue weighted by atomic mass is 10.2. The van der Waals surface area contributed by atoms with Gasteiger partial charge in [0.1, 0.15) is 0 Å². The average molecular weight is 244 g/mol. The molecule has 0 spiro atoms. The van der Waals surface area contributed by atoms with Crippen molar-refractivity contribution in [2.75, 3.05) is 37.6 Å². The Morgan fingerprint density at radius 2 is 2.12 bits per heavy atom. The molecule has 0 bridgehead atoms. The predicted molar refractivity (Wildman–Crippen MR) is 64.3 cm³/mol. The van der Waals surface area contributed by atoms with Gasteiger partial charge in [0.05, 0.1) is 22.9 Å². The fourth-order valence-corrected chi connectivity index (χ4v) is 2.14. The molecule has 0 aromatic heterocycles. The number of sulfone groups is 1. The van der Waals surface area contributed by atoms with Crippen LogP contribution in [0.3, 0.4) is 0 Å². The van der Waals surface area contributed by atoms with Crippen LogP contribution in [0.2, 0.25) is 0 Å². The van der Waals surface area contributed by atoms with Crippen molar-refractivity contribution in [2.45, 2.75) is 4.90 Å². The summed E-state index contributed by atoms with van der Waals surface area (Å²) in [7, 11) is -1.69. The second-order valence-corrected chi connectivity index (χ2v) is 5.39. The van der Waals surface area contributed by atoms with E-state index in [-0.39, 0.29) is 10.6 Å². The Bertz CT molecular complexity index is 457. The lowest BCUT2D eigenvalue weighted by molar-refractivity contribution is 0.211. The first-order chi connectivity index (χ1) is 7.46. The van der Waals surface area contributed by atoms with Gasteiger partial charge in [0, 0.05) is 19.9 Å². The predicted octanol–water partition coefficient (Wildman–Crippen LogP) is 0.731. The number of benzene rings is 1. The van der Waals surface area contributed by atoms with Gasteiger partial charge in [-0.05, 0) is 12.1 Å². The molecule has 1 aromatic carbocycles. The highest BCUT2D eigenvalue weighted by molar-refractivity contribution is 7.90. The molecule has 3 N–H and O–H groups in total. The van der Waals surface area contributed by atoms with Crippen LogP contribution in [0.4, 0.5) is 11.4 Å². The average Bonchev–Trinajstić information content (AvgIpc) is 2.19. The molecule has 0 radical (unpaired) electrons. The summed E-state index contributed by atoms with van der Waals surface area (Å²) in [6.07, 6.45) is 1.14. The number of nitrogens with two attached hydrogens (primary N) is 1. The minimum absolute atomic E-state index is 0.148. The fraction of sp³-hybridized carbons (Fsp3) is 0.400. The zero-order chi connectivity index (χ0) is 12.2. The van der Waals surface area contributed by atoms with Crippen LogP contribution >= 0.6 is 0 Å². The van der Waals surface area contributed by atoms with Gasteiger partial charge in [-0.2, -0.15) is 0 Å². The molecule has 0 saturated carbocycles. The third-order valence-electron chi connectivity index (χ3n) is 2.09. The van der Waals surface area contributed by atoms with Crippen LogP contribution in [0.25, 0.3) is 0 Å². The Hall–Kier alpha value is -1.27. The number of hydrogen-bond acceptors (Lipinski definition) is 5. The van der Waals surface area contributed by atoms with Crippen LogP contribution in [0.5, 0.6) is 0 Å². The lowest BCUT2D eigenvalue weighted by Crippen LogP contribution is -2.11. The molecule has 5 nitrogen and oxygen atoms in total. The van der Waals surface area contributed by atoms with E-state index in [1.165, 1.54) is 6.07 Å². The minimum Gasteiger partial charge on any atom is -0.396 e. The molecular formula is C10H16N2O3S. The molecule has 1 rings (SSSR count). The summed E-state index contributed by atoms with van der Waals surface area (Å²) >= 11 is 0. The smallest absolute Gasteiger partial charge is 0.177 e. The largest absolute Gasteiger partial charge is 0.396 e. The van der Waals surface area contributed by atoms with E-state index in [0.717, 1.165) is 6.26 Å². The monoisotopic (exact) mass is 244 g/mol. The van der Waals surface area contributed by atoms with Crippen LogP contribution in [0.1, 0.15) is 0 Å². The standard InChI is InChI=1S/C10H16N2O3S/c1-15-7-6-12-8-4-3-5-9(10(8)11)16(2,13)14/h3-5,12H,6-7,11H2,1-2H3. The summed E-state index contributed by atoms with van der Waals surface area (Å²) < 4.78 is 27.7. The molecule has 90 valence electrons. The maximum Gasteiger partial charge on any atom is 0.177 e. The van der Waals surface area contributed by atoms with Gasteiger partial charge in [0.2, 0.25) is 0 Å².